The van der Waals surface area contributed by atoms with Gasteiger partial charge in [-0.05, 0) is 76.1 Å². The lowest BCUT2D eigenvalue weighted by Gasteiger charge is -2.12. The van der Waals surface area contributed by atoms with Gasteiger partial charge in [0, 0.05) is 38.8 Å². The first-order valence-electron chi connectivity index (χ1n) is 13.1. The Morgan fingerprint density at radius 1 is 0.462 bits per heavy atom. The number of rotatable bonds is 1. The van der Waals surface area contributed by atoms with E-state index < -0.39 is 0 Å². The quantitative estimate of drug-likeness (QED) is 0.212. The van der Waals surface area contributed by atoms with Crippen LogP contribution >= 0.6 is 0 Å². The molecule has 0 aliphatic rings. The van der Waals surface area contributed by atoms with Crippen molar-refractivity contribution in [3.05, 3.63) is 109 Å². The van der Waals surface area contributed by atoms with E-state index in [0.717, 1.165) is 60.7 Å². The standard InChI is InChI=1S/C35H18N2O2/c1-2-10-29-21(6-1)25-17-28-26(18-32(25)38-29)35-27(9-5-15-36-35)37(28)19-13-14-20-22-7-3-11-30-33(22)34-23(24(20)16-19)8-4-12-31(34)39-30/h1-18H. The van der Waals surface area contributed by atoms with Gasteiger partial charge in [-0.25, -0.2) is 0 Å². The first-order chi connectivity index (χ1) is 19.3. The maximum atomic E-state index is 6.25. The molecule has 0 aliphatic heterocycles. The Morgan fingerprint density at radius 2 is 1.21 bits per heavy atom. The van der Waals surface area contributed by atoms with Gasteiger partial charge in [0.2, 0.25) is 0 Å². The average molecular weight is 499 g/mol. The summed E-state index contributed by atoms with van der Waals surface area (Å²) in [5, 5.41) is 10.6. The van der Waals surface area contributed by atoms with Crippen LogP contribution in [0.25, 0.3) is 93.0 Å². The van der Waals surface area contributed by atoms with Gasteiger partial charge < -0.3 is 13.4 Å². The lowest BCUT2D eigenvalue weighted by atomic mass is 9.94. The summed E-state index contributed by atoms with van der Waals surface area (Å²) < 4.78 is 14.8. The number of nitrogens with zero attached hydrogens (tertiary/aromatic N) is 2. The van der Waals surface area contributed by atoms with Crippen LogP contribution in [0.1, 0.15) is 0 Å². The zero-order chi connectivity index (χ0) is 25.2. The monoisotopic (exact) mass is 498 g/mol. The van der Waals surface area contributed by atoms with Crippen molar-refractivity contribution in [3.63, 3.8) is 0 Å². The van der Waals surface area contributed by atoms with Crippen LogP contribution in [0.15, 0.2) is 118 Å². The minimum atomic E-state index is 0.881. The maximum absolute atomic E-state index is 6.25. The van der Waals surface area contributed by atoms with Gasteiger partial charge in [0.15, 0.2) is 0 Å². The fourth-order valence-corrected chi connectivity index (χ4v) is 6.77. The summed E-state index contributed by atoms with van der Waals surface area (Å²) in [4.78, 5) is 4.81. The van der Waals surface area contributed by atoms with E-state index in [9.17, 15) is 0 Å². The molecule has 0 radical (unpaired) electrons. The van der Waals surface area contributed by atoms with Crippen LogP contribution < -0.4 is 0 Å². The number of hydrogen-bond donors (Lipinski definition) is 0. The molecule has 0 saturated heterocycles. The Hall–Kier alpha value is -5.35. The van der Waals surface area contributed by atoms with Crippen molar-refractivity contribution in [1.82, 2.24) is 9.55 Å². The Kier molecular flexibility index (Phi) is 3.41. The predicted octanol–water partition coefficient (Wildman–Crippen LogP) is 9.72. The van der Waals surface area contributed by atoms with Crippen LogP contribution in [-0.4, -0.2) is 9.55 Å². The number of benzene rings is 6. The molecule has 0 amide bonds. The first-order valence-corrected chi connectivity index (χ1v) is 13.1. The topological polar surface area (TPSA) is 44.1 Å². The number of fused-ring (bicyclic) bond motifs is 9. The molecule has 0 spiro atoms. The van der Waals surface area contributed by atoms with Crippen molar-refractivity contribution in [3.8, 4) is 5.69 Å². The van der Waals surface area contributed by atoms with Gasteiger partial charge in [0.1, 0.15) is 22.3 Å². The van der Waals surface area contributed by atoms with E-state index in [1.54, 1.807) is 0 Å². The van der Waals surface area contributed by atoms with Crippen molar-refractivity contribution in [1.29, 1.82) is 0 Å². The Labute approximate surface area is 220 Å². The molecule has 10 rings (SSSR count). The third-order valence-corrected chi connectivity index (χ3v) is 8.38. The van der Waals surface area contributed by atoms with Crippen LogP contribution in [0.4, 0.5) is 0 Å². The van der Waals surface area contributed by atoms with E-state index in [1.165, 1.54) is 32.3 Å². The molecule has 39 heavy (non-hydrogen) atoms. The summed E-state index contributed by atoms with van der Waals surface area (Å²) in [6.45, 7) is 0. The highest BCUT2D eigenvalue weighted by atomic mass is 16.3. The Morgan fingerprint density at radius 3 is 2.08 bits per heavy atom. The summed E-state index contributed by atoms with van der Waals surface area (Å²) in [5.41, 5.74) is 7.91. The summed E-state index contributed by atoms with van der Waals surface area (Å²) in [6.07, 6.45) is 1.86. The third kappa shape index (κ3) is 2.37. The van der Waals surface area contributed by atoms with E-state index in [-0.39, 0.29) is 0 Å². The van der Waals surface area contributed by atoms with Crippen LogP contribution in [0.2, 0.25) is 0 Å². The van der Waals surface area contributed by atoms with E-state index in [0.29, 0.717) is 0 Å². The van der Waals surface area contributed by atoms with Gasteiger partial charge in [-0.3, -0.25) is 4.98 Å². The SMILES string of the molecule is c1ccc2c(c1)oc1cc3c4ncccc4n(-c4ccc5c(c4)c4cccc6oc7cccc5c7c64)c3cc12. The number of para-hydroxylation sites is 1. The zero-order valence-corrected chi connectivity index (χ0v) is 20.6. The lowest BCUT2D eigenvalue weighted by Crippen LogP contribution is -1.94. The van der Waals surface area contributed by atoms with Crippen LogP contribution in [-0.2, 0) is 0 Å². The Bertz CT molecular complexity index is 2610. The molecule has 4 aromatic heterocycles. The van der Waals surface area contributed by atoms with Crippen LogP contribution in [0.3, 0.4) is 0 Å². The molecule has 0 bridgehead atoms. The molecule has 4 heteroatoms. The second-order valence-electron chi connectivity index (χ2n) is 10.4. The molecular formula is C35H18N2O2. The van der Waals surface area contributed by atoms with Gasteiger partial charge in [0.05, 0.1) is 16.6 Å². The number of hydrogen-bond acceptors (Lipinski definition) is 3. The minimum Gasteiger partial charge on any atom is -0.456 e. The van der Waals surface area contributed by atoms with Gasteiger partial charge in [0.25, 0.3) is 0 Å². The predicted molar refractivity (Wildman–Crippen MR) is 159 cm³/mol. The molecule has 4 nitrogen and oxygen atoms in total. The molecule has 180 valence electrons. The van der Waals surface area contributed by atoms with E-state index in [4.69, 9.17) is 13.8 Å². The van der Waals surface area contributed by atoms with Crippen molar-refractivity contribution in [2.24, 2.45) is 0 Å². The highest BCUT2D eigenvalue weighted by molar-refractivity contribution is 6.33. The second-order valence-corrected chi connectivity index (χ2v) is 10.4. The second kappa shape index (κ2) is 6.74. The molecule has 0 N–H and O–H groups in total. The molecule has 6 aromatic carbocycles. The fraction of sp³-hybridized carbons (Fsp3) is 0. The maximum Gasteiger partial charge on any atom is 0.136 e. The summed E-state index contributed by atoms with van der Waals surface area (Å²) in [5.74, 6) is 0. The Balaban J connectivity index is 1.37. The van der Waals surface area contributed by atoms with Gasteiger partial charge >= 0.3 is 0 Å². The van der Waals surface area contributed by atoms with Crippen molar-refractivity contribution in [2.45, 2.75) is 0 Å². The highest BCUT2D eigenvalue weighted by Gasteiger charge is 2.20. The number of aromatic nitrogens is 2. The molecule has 0 atom stereocenters. The summed E-state index contributed by atoms with van der Waals surface area (Å²) in [6, 6.07) is 36.3. The van der Waals surface area contributed by atoms with Crippen LogP contribution in [0, 0.1) is 0 Å². The van der Waals surface area contributed by atoms with Crippen LogP contribution in [0.5, 0.6) is 0 Å². The molecule has 0 saturated carbocycles. The smallest absolute Gasteiger partial charge is 0.136 e. The molecule has 0 unspecified atom stereocenters. The van der Waals surface area contributed by atoms with Crippen molar-refractivity contribution >= 4 is 87.4 Å². The van der Waals surface area contributed by atoms with E-state index in [1.807, 2.05) is 24.4 Å². The summed E-state index contributed by atoms with van der Waals surface area (Å²) in [7, 11) is 0. The third-order valence-electron chi connectivity index (χ3n) is 8.38. The highest BCUT2D eigenvalue weighted by Crippen LogP contribution is 2.44. The molecular weight excluding hydrogens is 480 g/mol. The largest absolute Gasteiger partial charge is 0.456 e. The van der Waals surface area contributed by atoms with Crippen molar-refractivity contribution in [2.75, 3.05) is 0 Å². The van der Waals surface area contributed by atoms with Gasteiger partial charge in [-0.2, -0.15) is 0 Å². The van der Waals surface area contributed by atoms with Gasteiger partial charge in [-0.1, -0.05) is 48.5 Å². The van der Waals surface area contributed by atoms with E-state index in [2.05, 4.69) is 89.5 Å². The molecule has 0 fully saturated rings. The molecule has 4 heterocycles. The molecule has 0 aliphatic carbocycles. The van der Waals surface area contributed by atoms with Gasteiger partial charge in [-0.15, -0.1) is 0 Å². The number of furan rings is 2. The minimum absolute atomic E-state index is 0.881. The normalized spacial score (nSPS) is 12.6. The van der Waals surface area contributed by atoms with Crippen molar-refractivity contribution < 1.29 is 8.83 Å². The van der Waals surface area contributed by atoms with E-state index >= 15 is 0 Å². The summed E-state index contributed by atoms with van der Waals surface area (Å²) >= 11 is 0. The average Bonchev–Trinajstić information content (AvgIpc) is 3.65. The first kappa shape index (κ1) is 19.7. The number of pyridine rings is 1. The zero-order valence-electron chi connectivity index (χ0n) is 20.6. The molecule has 10 aromatic rings. The fourth-order valence-electron chi connectivity index (χ4n) is 6.77. The lowest BCUT2D eigenvalue weighted by molar-refractivity contribution is 0.669.